The minimum absolute atomic E-state index is 0.105. The molecule has 1 aliphatic heterocycles. The van der Waals surface area contributed by atoms with Crippen molar-refractivity contribution in [3.63, 3.8) is 0 Å². The lowest BCUT2D eigenvalue weighted by atomic mass is 10.1. The summed E-state index contributed by atoms with van der Waals surface area (Å²) in [5.74, 6) is 1.00. The summed E-state index contributed by atoms with van der Waals surface area (Å²) in [7, 11) is 0. The van der Waals surface area contributed by atoms with E-state index in [1.165, 1.54) is 64.2 Å². The van der Waals surface area contributed by atoms with Gasteiger partial charge < -0.3 is 9.47 Å². The summed E-state index contributed by atoms with van der Waals surface area (Å²) in [5, 5.41) is 0. The van der Waals surface area contributed by atoms with Crippen LogP contribution in [0.2, 0.25) is 0 Å². The lowest BCUT2D eigenvalue weighted by Gasteiger charge is -2.22. The van der Waals surface area contributed by atoms with Crippen molar-refractivity contribution >= 4 is 0 Å². The molecule has 3 rings (SSSR count). The van der Waals surface area contributed by atoms with Crippen molar-refractivity contribution in [3.05, 3.63) is 11.1 Å². The van der Waals surface area contributed by atoms with Crippen LogP contribution in [0.25, 0.3) is 0 Å². The molecule has 0 aromatic heterocycles. The third kappa shape index (κ3) is 4.61. The van der Waals surface area contributed by atoms with Gasteiger partial charge in [0.25, 0.3) is 0 Å². The predicted molar refractivity (Wildman–Crippen MR) is 77.0 cm³/mol. The molecule has 2 aliphatic carbocycles. The van der Waals surface area contributed by atoms with Crippen molar-refractivity contribution in [2.75, 3.05) is 13.2 Å². The van der Waals surface area contributed by atoms with E-state index >= 15 is 0 Å². The zero-order valence-electron chi connectivity index (χ0n) is 12.2. The van der Waals surface area contributed by atoms with Crippen molar-refractivity contribution < 1.29 is 9.47 Å². The number of allylic oxidation sites excluding steroid dienone is 2. The first-order valence-electron chi connectivity index (χ1n) is 8.37. The summed E-state index contributed by atoms with van der Waals surface area (Å²) in [6, 6.07) is 0. The predicted octanol–water partition coefficient (Wildman–Crippen LogP) is 4.59. The van der Waals surface area contributed by atoms with Crippen LogP contribution in [0.5, 0.6) is 0 Å². The van der Waals surface area contributed by atoms with E-state index in [1.807, 2.05) is 11.1 Å². The van der Waals surface area contributed by atoms with Gasteiger partial charge in [-0.05, 0) is 57.3 Å². The summed E-state index contributed by atoms with van der Waals surface area (Å²) in [4.78, 5) is 0. The minimum Gasteiger partial charge on any atom is -0.353 e. The van der Waals surface area contributed by atoms with E-state index in [2.05, 4.69) is 0 Å². The highest BCUT2D eigenvalue weighted by molar-refractivity contribution is 5.36. The summed E-state index contributed by atoms with van der Waals surface area (Å²) < 4.78 is 11.3. The second kappa shape index (κ2) is 6.90. The molecule has 0 N–H and O–H groups in total. The van der Waals surface area contributed by atoms with Crippen molar-refractivity contribution in [2.24, 2.45) is 5.92 Å². The van der Waals surface area contributed by atoms with E-state index in [4.69, 9.17) is 9.47 Å². The monoisotopic (exact) mass is 264 g/mol. The van der Waals surface area contributed by atoms with E-state index in [0.29, 0.717) is 0 Å². The quantitative estimate of drug-likeness (QED) is 0.471. The molecule has 3 fully saturated rings. The first-order chi connectivity index (χ1) is 9.43. The highest BCUT2D eigenvalue weighted by Crippen LogP contribution is 2.50. The molecule has 2 saturated carbocycles. The number of ether oxygens (including phenoxy) is 2. The standard InChI is InChI=1S/C17H28O2/c1(3-7-15-13-16(15)14-9-10-14)2-5-11-18-17-8-4-6-12-19-17/h15,17H,1-13H2. The molecular weight excluding hydrogens is 236 g/mol. The van der Waals surface area contributed by atoms with Crippen LogP contribution < -0.4 is 0 Å². The second-order valence-electron chi connectivity index (χ2n) is 6.40. The second-order valence-corrected chi connectivity index (χ2v) is 6.40. The van der Waals surface area contributed by atoms with Crippen molar-refractivity contribution in [1.82, 2.24) is 0 Å². The van der Waals surface area contributed by atoms with Gasteiger partial charge >= 0.3 is 0 Å². The van der Waals surface area contributed by atoms with Gasteiger partial charge in [-0.3, -0.25) is 0 Å². The van der Waals surface area contributed by atoms with Crippen LogP contribution in [0.3, 0.4) is 0 Å². The van der Waals surface area contributed by atoms with Crippen LogP contribution >= 0.6 is 0 Å². The van der Waals surface area contributed by atoms with E-state index < -0.39 is 0 Å². The summed E-state index contributed by atoms with van der Waals surface area (Å²) >= 11 is 0. The topological polar surface area (TPSA) is 18.5 Å². The molecule has 19 heavy (non-hydrogen) atoms. The molecule has 0 aromatic carbocycles. The van der Waals surface area contributed by atoms with Crippen LogP contribution in [-0.2, 0) is 9.47 Å². The summed E-state index contributed by atoms with van der Waals surface area (Å²) in [6.45, 7) is 1.79. The van der Waals surface area contributed by atoms with Gasteiger partial charge in [0, 0.05) is 13.2 Å². The smallest absolute Gasteiger partial charge is 0.157 e. The minimum atomic E-state index is 0.105. The Morgan fingerprint density at radius 3 is 2.74 bits per heavy atom. The fourth-order valence-corrected chi connectivity index (χ4v) is 3.20. The van der Waals surface area contributed by atoms with Gasteiger partial charge in [-0.15, -0.1) is 0 Å². The average Bonchev–Trinajstić information content (AvgIpc) is 3.31. The molecule has 2 heteroatoms. The van der Waals surface area contributed by atoms with Crippen LogP contribution in [0.1, 0.15) is 70.6 Å². The molecule has 2 atom stereocenters. The van der Waals surface area contributed by atoms with Gasteiger partial charge in [0.1, 0.15) is 0 Å². The zero-order valence-corrected chi connectivity index (χ0v) is 12.2. The molecule has 108 valence electrons. The molecule has 0 radical (unpaired) electrons. The fourth-order valence-electron chi connectivity index (χ4n) is 3.20. The van der Waals surface area contributed by atoms with Crippen LogP contribution in [-0.4, -0.2) is 19.5 Å². The number of rotatable bonds is 8. The molecule has 2 unspecified atom stereocenters. The molecule has 0 bridgehead atoms. The SMILES string of the molecule is C(CCCC1CC1=C1CC1)CCOC1CCCCO1. The zero-order chi connectivity index (χ0) is 12.9. The Labute approximate surface area is 117 Å². The van der Waals surface area contributed by atoms with Gasteiger partial charge in [0.2, 0.25) is 0 Å². The molecule has 1 heterocycles. The van der Waals surface area contributed by atoms with E-state index in [-0.39, 0.29) is 6.29 Å². The van der Waals surface area contributed by atoms with Gasteiger partial charge in [-0.25, -0.2) is 0 Å². The Bertz CT molecular complexity index is 309. The highest BCUT2D eigenvalue weighted by atomic mass is 16.7. The lowest BCUT2D eigenvalue weighted by Crippen LogP contribution is -2.22. The Morgan fingerprint density at radius 2 is 1.95 bits per heavy atom. The van der Waals surface area contributed by atoms with Crippen LogP contribution in [0.15, 0.2) is 11.1 Å². The van der Waals surface area contributed by atoms with E-state index in [9.17, 15) is 0 Å². The molecule has 0 spiro atoms. The molecule has 0 aromatic rings. The number of hydrogen-bond donors (Lipinski definition) is 0. The lowest BCUT2D eigenvalue weighted by molar-refractivity contribution is -0.162. The maximum atomic E-state index is 5.75. The van der Waals surface area contributed by atoms with Gasteiger partial charge in [0.15, 0.2) is 6.29 Å². The average molecular weight is 264 g/mol. The molecule has 2 nitrogen and oxygen atoms in total. The largest absolute Gasteiger partial charge is 0.353 e. The third-order valence-electron chi connectivity index (χ3n) is 4.64. The third-order valence-corrected chi connectivity index (χ3v) is 4.64. The number of unbranched alkanes of at least 4 members (excludes halogenated alkanes) is 3. The van der Waals surface area contributed by atoms with E-state index in [0.717, 1.165) is 25.6 Å². The van der Waals surface area contributed by atoms with Crippen LogP contribution in [0, 0.1) is 5.92 Å². The van der Waals surface area contributed by atoms with E-state index in [1.54, 1.807) is 0 Å². The normalized spacial score (nSPS) is 29.7. The number of hydrogen-bond acceptors (Lipinski definition) is 2. The summed E-state index contributed by atoms with van der Waals surface area (Å²) in [5.41, 5.74) is 3.66. The van der Waals surface area contributed by atoms with Crippen molar-refractivity contribution in [1.29, 1.82) is 0 Å². The summed E-state index contributed by atoms with van der Waals surface area (Å²) in [6.07, 6.45) is 14.7. The highest BCUT2D eigenvalue weighted by Gasteiger charge is 2.34. The first kappa shape index (κ1) is 13.6. The Balaban J connectivity index is 1.13. The molecule has 3 aliphatic rings. The molecule has 0 amide bonds. The Hall–Kier alpha value is -0.340. The first-order valence-corrected chi connectivity index (χ1v) is 8.37. The van der Waals surface area contributed by atoms with Crippen molar-refractivity contribution in [3.8, 4) is 0 Å². The van der Waals surface area contributed by atoms with Gasteiger partial charge in [-0.1, -0.05) is 30.4 Å². The van der Waals surface area contributed by atoms with Crippen LogP contribution in [0.4, 0.5) is 0 Å². The Morgan fingerprint density at radius 1 is 1.05 bits per heavy atom. The molecule has 1 saturated heterocycles. The Kier molecular flexibility index (Phi) is 4.95. The fraction of sp³-hybridized carbons (Fsp3) is 0.882. The van der Waals surface area contributed by atoms with Crippen molar-refractivity contribution in [2.45, 2.75) is 76.9 Å². The van der Waals surface area contributed by atoms with Gasteiger partial charge in [-0.2, -0.15) is 0 Å². The molecular formula is C17H28O2. The van der Waals surface area contributed by atoms with Gasteiger partial charge in [0.05, 0.1) is 0 Å². The maximum absolute atomic E-state index is 5.75. The maximum Gasteiger partial charge on any atom is 0.157 e.